The van der Waals surface area contributed by atoms with Crippen molar-refractivity contribution in [2.75, 3.05) is 19.7 Å². The van der Waals surface area contributed by atoms with Crippen molar-refractivity contribution in [2.45, 2.75) is 25.4 Å². The zero-order chi connectivity index (χ0) is 23.5. The summed E-state index contributed by atoms with van der Waals surface area (Å²) in [5, 5.41) is 4.99. The predicted octanol–water partition coefficient (Wildman–Crippen LogP) is 4.14. The molecule has 1 aliphatic heterocycles. The first-order valence-corrected chi connectivity index (χ1v) is 11.9. The van der Waals surface area contributed by atoms with Crippen LogP contribution in [0.25, 0.3) is 21.3 Å². The molecule has 176 valence electrons. The molecule has 0 aliphatic carbocycles. The van der Waals surface area contributed by atoms with Gasteiger partial charge >= 0.3 is 0 Å². The lowest BCUT2D eigenvalue weighted by Gasteiger charge is -2.32. The van der Waals surface area contributed by atoms with Gasteiger partial charge in [0.15, 0.2) is 12.3 Å². The van der Waals surface area contributed by atoms with Crippen molar-refractivity contribution >= 4 is 56.6 Å². The number of hydrogen-bond acceptors (Lipinski definition) is 9. The van der Waals surface area contributed by atoms with Crippen molar-refractivity contribution in [1.29, 1.82) is 0 Å². The standard InChI is InChI=1S/C23H21ClN4O5S/c24-15-7-20-22(25-9-15)27-23(34-20)33-17-1-2-18-14(11-32-19(18)8-17)10-28-5-3-16(4-6-28)26-21(30)12-31-13-29/h1-2,7-9,11,13,16H,3-6,10,12H2,(H,26,30). The number of amides is 1. The minimum Gasteiger partial charge on any atom is -0.464 e. The first kappa shape index (κ1) is 22.6. The number of furan rings is 1. The largest absolute Gasteiger partial charge is 0.464 e. The second-order valence-electron chi connectivity index (χ2n) is 8.00. The average molecular weight is 501 g/mol. The topological polar surface area (TPSA) is 107 Å². The van der Waals surface area contributed by atoms with Gasteiger partial charge in [0.2, 0.25) is 0 Å². The number of fused-ring (bicyclic) bond motifs is 2. The Morgan fingerprint density at radius 1 is 1.32 bits per heavy atom. The fraction of sp³-hybridized carbons (Fsp3) is 0.304. The van der Waals surface area contributed by atoms with Gasteiger partial charge in [-0.15, -0.1) is 0 Å². The lowest BCUT2D eigenvalue weighted by molar-refractivity contribution is -0.137. The molecular formula is C23H21ClN4O5S. The molecule has 0 radical (unpaired) electrons. The van der Waals surface area contributed by atoms with Crippen LogP contribution >= 0.6 is 22.9 Å². The summed E-state index contributed by atoms with van der Waals surface area (Å²) in [5.74, 6) is 0.365. The predicted molar refractivity (Wildman–Crippen MR) is 127 cm³/mol. The summed E-state index contributed by atoms with van der Waals surface area (Å²) in [5.41, 5.74) is 2.44. The quantitative estimate of drug-likeness (QED) is 0.360. The van der Waals surface area contributed by atoms with Crippen molar-refractivity contribution in [1.82, 2.24) is 20.2 Å². The number of rotatable bonds is 8. The summed E-state index contributed by atoms with van der Waals surface area (Å²) < 4.78 is 17.1. The molecule has 9 nitrogen and oxygen atoms in total. The van der Waals surface area contributed by atoms with Gasteiger partial charge < -0.3 is 19.2 Å². The molecule has 1 aromatic carbocycles. The number of carbonyl (C=O) groups excluding carboxylic acids is 2. The molecule has 1 fully saturated rings. The van der Waals surface area contributed by atoms with Crippen LogP contribution in [0.4, 0.5) is 0 Å². The Morgan fingerprint density at radius 3 is 3.00 bits per heavy atom. The van der Waals surface area contributed by atoms with Crippen molar-refractivity contribution in [2.24, 2.45) is 0 Å². The maximum absolute atomic E-state index is 11.7. The highest BCUT2D eigenvalue weighted by Gasteiger charge is 2.22. The molecule has 11 heteroatoms. The Morgan fingerprint density at radius 2 is 2.18 bits per heavy atom. The number of piperidine rings is 1. The van der Waals surface area contributed by atoms with E-state index in [0.717, 1.165) is 53.7 Å². The zero-order valence-corrected chi connectivity index (χ0v) is 19.6. The number of hydrogen-bond donors (Lipinski definition) is 1. The maximum atomic E-state index is 11.7. The van der Waals surface area contributed by atoms with Gasteiger partial charge in [0.25, 0.3) is 17.6 Å². The summed E-state index contributed by atoms with van der Waals surface area (Å²) in [6.07, 6.45) is 5.02. The van der Waals surface area contributed by atoms with Gasteiger partial charge in [-0.2, -0.15) is 4.98 Å². The monoisotopic (exact) mass is 500 g/mol. The Hall–Kier alpha value is -3.21. The summed E-state index contributed by atoms with van der Waals surface area (Å²) in [6, 6.07) is 7.65. The van der Waals surface area contributed by atoms with E-state index in [0.29, 0.717) is 21.6 Å². The lowest BCUT2D eigenvalue weighted by atomic mass is 10.0. The molecule has 1 N–H and O–H groups in total. The summed E-state index contributed by atoms with van der Waals surface area (Å²) in [7, 11) is 0. The van der Waals surface area contributed by atoms with Gasteiger partial charge in [-0.3, -0.25) is 14.5 Å². The molecule has 34 heavy (non-hydrogen) atoms. The molecule has 1 aliphatic rings. The number of benzene rings is 1. The molecule has 1 saturated heterocycles. The second-order valence-corrected chi connectivity index (χ2v) is 9.43. The van der Waals surface area contributed by atoms with E-state index < -0.39 is 0 Å². The van der Waals surface area contributed by atoms with Crippen LogP contribution in [0.5, 0.6) is 10.9 Å². The Bertz CT molecular complexity index is 1330. The van der Waals surface area contributed by atoms with E-state index in [-0.39, 0.29) is 25.0 Å². The van der Waals surface area contributed by atoms with Crippen molar-refractivity contribution in [3.8, 4) is 10.9 Å². The van der Waals surface area contributed by atoms with Crippen LogP contribution in [-0.4, -0.2) is 53.0 Å². The van der Waals surface area contributed by atoms with E-state index in [1.54, 1.807) is 12.5 Å². The lowest BCUT2D eigenvalue weighted by Crippen LogP contribution is -2.45. The van der Waals surface area contributed by atoms with Crippen molar-refractivity contribution in [3.05, 3.63) is 47.3 Å². The third-order valence-corrected chi connectivity index (χ3v) is 6.73. The zero-order valence-electron chi connectivity index (χ0n) is 18.0. The molecule has 1 amide bonds. The fourth-order valence-electron chi connectivity index (χ4n) is 4.03. The van der Waals surface area contributed by atoms with Crippen LogP contribution in [0.1, 0.15) is 18.4 Å². The number of halogens is 1. The first-order valence-electron chi connectivity index (χ1n) is 10.7. The van der Waals surface area contributed by atoms with E-state index in [1.165, 1.54) is 11.3 Å². The maximum Gasteiger partial charge on any atom is 0.293 e. The van der Waals surface area contributed by atoms with Crippen molar-refractivity contribution < 1.29 is 23.5 Å². The van der Waals surface area contributed by atoms with Crippen LogP contribution in [0.3, 0.4) is 0 Å². The van der Waals surface area contributed by atoms with E-state index in [9.17, 15) is 9.59 Å². The number of thiazole rings is 1. The molecule has 0 saturated carbocycles. The number of likely N-dealkylation sites (tertiary alicyclic amines) is 1. The van der Waals surface area contributed by atoms with Crippen LogP contribution in [0.2, 0.25) is 5.02 Å². The van der Waals surface area contributed by atoms with Crippen LogP contribution in [0.15, 0.2) is 41.1 Å². The van der Waals surface area contributed by atoms with Crippen molar-refractivity contribution in [3.63, 3.8) is 0 Å². The smallest absolute Gasteiger partial charge is 0.293 e. The van der Waals surface area contributed by atoms with Gasteiger partial charge in [-0.25, -0.2) is 4.98 Å². The molecule has 0 spiro atoms. The molecule has 3 aromatic heterocycles. The third kappa shape index (κ3) is 5.14. The van der Waals surface area contributed by atoms with Gasteiger partial charge in [0.05, 0.1) is 16.0 Å². The highest BCUT2D eigenvalue weighted by atomic mass is 35.5. The molecule has 0 atom stereocenters. The summed E-state index contributed by atoms with van der Waals surface area (Å²) >= 11 is 7.38. The minimum atomic E-state index is -0.268. The molecule has 4 aromatic rings. The third-order valence-electron chi connectivity index (χ3n) is 5.66. The molecule has 0 bridgehead atoms. The number of ether oxygens (including phenoxy) is 2. The van der Waals surface area contributed by atoms with Gasteiger partial charge in [0, 0.05) is 48.9 Å². The van der Waals surface area contributed by atoms with Crippen LogP contribution in [-0.2, 0) is 20.9 Å². The van der Waals surface area contributed by atoms with Gasteiger partial charge in [0.1, 0.15) is 11.3 Å². The Balaban J connectivity index is 1.19. The molecule has 0 unspecified atom stereocenters. The number of pyridine rings is 1. The highest BCUT2D eigenvalue weighted by Crippen LogP contribution is 2.34. The molecular weight excluding hydrogens is 480 g/mol. The number of nitrogens with zero attached hydrogens (tertiary/aromatic N) is 3. The Labute approximate surface area is 203 Å². The van der Waals surface area contributed by atoms with E-state index in [2.05, 4.69) is 24.9 Å². The summed E-state index contributed by atoms with van der Waals surface area (Å²) in [4.78, 5) is 32.8. The van der Waals surface area contributed by atoms with Gasteiger partial charge in [-0.1, -0.05) is 22.9 Å². The first-order chi connectivity index (χ1) is 16.6. The average Bonchev–Trinajstić information content (AvgIpc) is 3.41. The normalized spacial score (nSPS) is 15.0. The summed E-state index contributed by atoms with van der Waals surface area (Å²) in [6.45, 7) is 2.50. The minimum absolute atomic E-state index is 0.0912. The number of nitrogens with one attached hydrogen (secondary N) is 1. The van der Waals surface area contributed by atoms with Crippen LogP contribution in [0, 0.1) is 0 Å². The van der Waals surface area contributed by atoms with Gasteiger partial charge in [-0.05, 0) is 31.0 Å². The fourth-order valence-corrected chi connectivity index (χ4v) is 5.08. The second kappa shape index (κ2) is 9.96. The van der Waals surface area contributed by atoms with E-state index in [4.69, 9.17) is 20.8 Å². The molecule has 4 heterocycles. The number of aromatic nitrogens is 2. The SMILES string of the molecule is O=COCC(=O)NC1CCN(Cc2coc3cc(Oc4nc5ncc(Cl)cc5s4)ccc23)CC1. The van der Waals surface area contributed by atoms with E-state index >= 15 is 0 Å². The van der Waals surface area contributed by atoms with E-state index in [1.807, 2.05) is 24.3 Å². The van der Waals surface area contributed by atoms with Crippen LogP contribution < -0.4 is 10.1 Å². The molecule has 5 rings (SSSR count). The Kier molecular flexibility index (Phi) is 6.61. The number of carbonyl (C=O) groups is 2. The highest BCUT2D eigenvalue weighted by molar-refractivity contribution is 7.20.